The molecule has 1 fully saturated rings. The molecule has 0 unspecified atom stereocenters. The van der Waals surface area contributed by atoms with Gasteiger partial charge in [-0.15, -0.1) is 0 Å². The van der Waals surface area contributed by atoms with Crippen molar-refractivity contribution < 1.29 is 4.79 Å². The lowest BCUT2D eigenvalue weighted by molar-refractivity contribution is -0.130. The van der Waals surface area contributed by atoms with Crippen molar-refractivity contribution in [1.29, 1.82) is 0 Å². The van der Waals surface area contributed by atoms with E-state index in [0.717, 1.165) is 37.1 Å². The summed E-state index contributed by atoms with van der Waals surface area (Å²) in [6, 6.07) is 10.7. The highest BCUT2D eigenvalue weighted by Gasteiger charge is 2.28. The van der Waals surface area contributed by atoms with Gasteiger partial charge in [-0.05, 0) is 44.4 Å². The van der Waals surface area contributed by atoms with E-state index < -0.39 is 0 Å². The van der Waals surface area contributed by atoms with Gasteiger partial charge in [0.1, 0.15) is 0 Å². The van der Waals surface area contributed by atoms with Crippen LogP contribution in [-0.4, -0.2) is 38.7 Å². The van der Waals surface area contributed by atoms with Crippen molar-refractivity contribution in [3.63, 3.8) is 0 Å². The quantitative estimate of drug-likeness (QED) is 0.794. The van der Waals surface area contributed by atoms with E-state index in [9.17, 15) is 4.79 Å². The molecule has 1 amide bonds. The summed E-state index contributed by atoms with van der Waals surface area (Å²) >= 11 is 0. The number of benzene rings is 1. The van der Waals surface area contributed by atoms with E-state index in [2.05, 4.69) is 39.9 Å². The van der Waals surface area contributed by atoms with Crippen LogP contribution in [0.4, 0.5) is 0 Å². The Labute approximate surface area is 147 Å². The topological polar surface area (TPSA) is 53.9 Å². The number of rotatable bonds is 4. The molecule has 1 aliphatic rings. The van der Waals surface area contributed by atoms with Crippen LogP contribution in [0.3, 0.4) is 0 Å². The van der Waals surface area contributed by atoms with E-state index in [0.29, 0.717) is 12.5 Å². The summed E-state index contributed by atoms with van der Waals surface area (Å²) < 4.78 is 2.09. The maximum atomic E-state index is 12.6. The van der Waals surface area contributed by atoms with E-state index in [1.165, 1.54) is 16.6 Å². The molecule has 4 rings (SSSR count). The fourth-order valence-corrected chi connectivity index (χ4v) is 3.92. The Bertz CT molecular complexity index is 907. The molecule has 3 aromatic rings. The Morgan fingerprint density at radius 3 is 2.96 bits per heavy atom. The highest BCUT2D eigenvalue weighted by molar-refractivity contribution is 5.84. The first kappa shape index (κ1) is 15.9. The highest BCUT2D eigenvalue weighted by atomic mass is 16.2. The summed E-state index contributed by atoms with van der Waals surface area (Å²) in [7, 11) is 0. The summed E-state index contributed by atoms with van der Waals surface area (Å²) in [5.41, 5.74) is 4.58. The van der Waals surface area contributed by atoms with Gasteiger partial charge in [0.25, 0.3) is 0 Å². The number of amides is 1. The van der Waals surface area contributed by atoms with Crippen LogP contribution < -0.4 is 0 Å². The van der Waals surface area contributed by atoms with Crippen LogP contribution in [0.5, 0.6) is 0 Å². The molecule has 0 bridgehead atoms. The first-order valence-corrected chi connectivity index (χ1v) is 8.97. The van der Waals surface area contributed by atoms with E-state index >= 15 is 0 Å². The number of carbonyl (C=O) groups excluding carboxylic acids is 1. The van der Waals surface area contributed by atoms with Crippen molar-refractivity contribution in [2.45, 2.75) is 39.2 Å². The Hall–Kier alpha value is -2.56. The predicted molar refractivity (Wildman–Crippen MR) is 98.6 cm³/mol. The van der Waals surface area contributed by atoms with Gasteiger partial charge in [0.05, 0.1) is 11.7 Å². The maximum Gasteiger partial charge on any atom is 0.222 e. The molecule has 5 heteroatoms. The molecule has 0 saturated carbocycles. The van der Waals surface area contributed by atoms with Gasteiger partial charge < -0.3 is 9.88 Å². The zero-order valence-electron chi connectivity index (χ0n) is 14.8. The third kappa shape index (κ3) is 3.06. The lowest BCUT2D eigenvalue weighted by Crippen LogP contribution is -2.29. The lowest BCUT2D eigenvalue weighted by atomic mass is 10.1. The molecule has 2 aromatic heterocycles. The smallest absolute Gasteiger partial charge is 0.222 e. The third-order valence-corrected chi connectivity index (χ3v) is 5.19. The van der Waals surface area contributed by atoms with Gasteiger partial charge in [-0.2, -0.15) is 5.10 Å². The van der Waals surface area contributed by atoms with Gasteiger partial charge >= 0.3 is 0 Å². The summed E-state index contributed by atoms with van der Waals surface area (Å²) in [5, 5.41) is 5.80. The van der Waals surface area contributed by atoms with E-state index in [-0.39, 0.29) is 5.91 Å². The van der Waals surface area contributed by atoms with Gasteiger partial charge in [0.2, 0.25) is 5.91 Å². The van der Waals surface area contributed by atoms with Crippen LogP contribution >= 0.6 is 0 Å². The normalized spacial score (nSPS) is 17.5. The Morgan fingerprint density at radius 1 is 1.32 bits per heavy atom. The van der Waals surface area contributed by atoms with Crippen molar-refractivity contribution in [3.8, 4) is 0 Å². The van der Waals surface area contributed by atoms with Crippen molar-refractivity contribution in [2.24, 2.45) is 0 Å². The Morgan fingerprint density at radius 2 is 2.16 bits per heavy atom. The number of nitrogens with one attached hydrogen (secondary N) is 1. The molecule has 130 valence electrons. The number of hydrogen-bond donors (Lipinski definition) is 1. The number of carbonyl (C=O) groups is 1. The molecule has 1 N–H and O–H groups in total. The van der Waals surface area contributed by atoms with E-state index in [1.807, 2.05) is 30.2 Å². The average molecular weight is 336 g/mol. The molecule has 0 spiro atoms. The molecule has 3 heterocycles. The van der Waals surface area contributed by atoms with Crippen LogP contribution in [0.15, 0.2) is 36.5 Å². The van der Waals surface area contributed by atoms with Gasteiger partial charge in [0, 0.05) is 42.3 Å². The van der Waals surface area contributed by atoms with Crippen LogP contribution in [0.25, 0.3) is 10.9 Å². The summed E-state index contributed by atoms with van der Waals surface area (Å²) in [6.45, 7) is 5.70. The monoisotopic (exact) mass is 336 g/mol. The number of hydrogen-bond acceptors (Lipinski definition) is 2. The molecule has 1 aromatic carbocycles. The molecule has 1 saturated heterocycles. The number of aryl methyl sites for hydroxylation is 3. The van der Waals surface area contributed by atoms with Crippen LogP contribution in [0.2, 0.25) is 0 Å². The second-order valence-corrected chi connectivity index (χ2v) is 7.01. The van der Waals surface area contributed by atoms with Crippen molar-refractivity contribution >= 4 is 16.8 Å². The fraction of sp³-hybridized carbons (Fsp3) is 0.400. The highest BCUT2D eigenvalue weighted by Crippen LogP contribution is 2.24. The van der Waals surface area contributed by atoms with Crippen LogP contribution in [0.1, 0.15) is 35.8 Å². The van der Waals surface area contributed by atoms with Gasteiger partial charge in [-0.1, -0.05) is 18.2 Å². The molecule has 0 aliphatic carbocycles. The molecule has 1 aliphatic heterocycles. The first-order chi connectivity index (χ1) is 12.1. The third-order valence-electron chi connectivity index (χ3n) is 5.19. The van der Waals surface area contributed by atoms with Gasteiger partial charge in [-0.3, -0.25) is 9.48 Å². The number of nitrogens with zero attached hydrogens (tertiary/aromatic N) is 3. The zero-order valence-corrected chi connectivity index (χ0v) is 14.8. The molecule has 25 heavy (non-hydrogen) atoms. The van der Waals surface area contributed by atoms with Crippen LogP contribution in [-0.2, 0) is 11.2 Å². The minimum atomic E-state index is 0.245. The fourth-order valence-electron chi connectivity index (χ4n) is 3.92. The number of aromatic nitrogens is 3. The second-order valence-electron chi connectivity index (χ2n) is 7.01. The Kier molecular flexibility index (Phi) is 4.07. The second kappa shape index (κ2) is 6.39. The molecule has 1 atom stereocenters. The number of aromatic amines is 1. The molecular formula is C20H24N4O. The van der Waals surface area contributed by atoms with Gasteiger partial charge in [-0.25, -0.2) is 0 Å². The SMILES string of the molecule is Cc1cc(C)n([C@H]2CCN(C(=O)CCc3c[nH]c4ccccc34)C2)n1. The number of likely N-dealkylation sites (tertiary alicyclic amines) is 1. The molecule has 0 radical (unpaired) electrons. The largest absolute Gasteiger partial charge is 0.361 e. The van der Waals surface area contributed by atoms with Crippen molar-refractivity contribution in [3.05, 3.63) is 53.5 Å². The maximum absolute atomic E-state index is 12.6. The van der Waals surface area contributed by atoms with Gasteiger partial charge in [0.15, 0.2) is 0 Å². The summed E-state index contributed by atoms with van der Waals surface area (Å²) in [6.07, 6.45) is 4.36. The first-order valence-electron chi connectivity index (χ1n) is 8.97. The standard InChI is InChI=1S/C20H24N4O/c1-14-11-15(2)24(22-14)17-9-10-23(13-17)20(25)8-7-16-12-21-19-6-4-3-5-18(16)19/h3-6,11-12,17,21H,7-10,13H2,1-2H3/t17-/m0/s1. The number of para-hydroxylation sites is 1. The molecule has 5 nitrogen and oxygen atoms in total. The number of fused-ring (bicyclic) bond motifs is 1. The zero-order chi connectivity index (χ0) is 17.4. The van der Waals surface area contributed by atoms with Crippen molar-refractivity contribution in [1.82, 2.24) is 19.7 Å². The summed E-state index contributed by atoms with van der Waals surface area (Å²) in [4.78, 5) is 17.9. The number of H-pyrrole nitrogens is 1. The lowest BCUT2D eigenvalue weighted by Gasteiger charge is -2.17. The minimum absolute atomic E-state index is 0.245. The van der Waals surface area contributed by atoms with Crippen LogP contribution in [0, 0.1) is 13.8 Å². The molecular weight excluding hydrogens is 312 g/mol. The van der Waals surface area contributed by atoms with E-state index in [4.69, 9.17) is 0 Å². The summed E-state index contributed by atoms with van der Waals surface area (Å²) in [5.74, 6) is 0.245. The predicted octanol–water partition coefficient (Wildman–Crippen LogP) is 3.39. The average Bonchev–Trinajstić information content (AvgIpc) is 3.31. The van der Waals surface area contributed by atoms with E-state index in [1.54, 1.807) is 0 Å². The van der Waals surface area contributed by atoms with Crippen molar-refractivity contribution in [2.75, 3.05) is 13.1 Å². The minimum Gasteiger partial charge on any atom is -0.361 e. The Balaban J connectivity index is 1.38.